The molecule has 2 N–H and O–H groups in total. The van der Waals surface area contributed by atoms with E-state index >= 15 is 0 Å². The maximum atomic E-state index is 11.7. The molecule has 0 radical (unpaired) electrons. The highest BCUT2D eigenvalue weighted by atomic mass is 16.5. The van der Waals surface area contributed by atoms with Gasteiger partial charge in [0.1, 0.15) is 0 Å². The summed E-state index contributed by atoms with van der Waals surface area (Å²) in [5.74, 6) is 1.18. The highest BCUT2D eigenvalue weighted by Gasteiger charge is 2.42. The molecule has 3 aliphatic rings. The van der Waals surface area contributed by atoms with Crippen LogP contribution in [-0.4, -0.2) is 62.2 Å². The van der Waals surface area contributed by atoms with Gasteiger partial charge in [-0.15, -0.1) is 0 Å². The van der Waals surface area contributed by atoms with Crippen molar-refractivity contribution in [2.24, 2.45) is 10.4 Å². The van der Waals surface area contributed by atoms with Crippen molar-refractivity contribution in [3.05, 3.63) is 0 Å². The minimum Gasteiger partial charge on any atom is -0.376 e. The number of piperidine rings is 1. The van der Waals surface area contributed by atoms with Crippen LogP contribution < -0.4 is 10.6 Å². The number of amides is 1. The van der Waals surface area contributed by atoms with Gasteiger partial charge < -0.3 is 20.3 Å². The molecule has 2 aliphatic heterocycles. The lowest BCUT2D eigenvalue weighted by Crippen LogP contribution is -2.51. The number of nitrogens with zero attached hydrogens (tertiary/aromatic N) is 2. The van der Waals surface area contributed by atoms with Gasteiger partial charge in [0, 0.05) is 38.0 Å². The van der Waals surface area contributed by atoms with Crippen molar-refractivity contribution in [3.63, 3.8) is 0 Å². The number of guanidine groups is 1. The normalized spacial score (nSPS) is 28.6. The van der Waals surface area contributed by atoms with Crippen molar-refractivity contribution in [2.45, 2.75) is 58.0 Å². The molecule has 0 aromatic carbocycles. The molecule has 1 atom stereocenters. The third kappa shape index (κ3) is 4.41. The van der Waals surface area contributed by atoms with E-state index in [1.54, 1.807) is 0 Å². The fourth-order valence-corrected chi connectivity index (χ4v) is 4.28. The minimum atomic E-state index is 0.103. The van der Waals surface area contributed by atoms with Crippen LogP contribution in [0.3, 0.4) is 0 Å². The molecule has 2 heterocycles. The van der Waals surface area contributed by atoms with Crippen molar-refractivity contribution in [2.75, 3.05) is 39.3 Å². The lowest BCUT2D eigenvalue weighted by atomic mass is 9.79. The zero-order valence-electron chi connectivity index (χ0n) is 15.0. The second-order valence-corrected chi connectivity index (χ2v) is 7.49. The Kier molecular flexibility index (Phi) is 5.98. The topological polar surface area (TPSA) is 66.0 Å². The number of nitrogens with one attached hydrogen (secondary N) is 2. The second kappa shape index (κ2) is 8.19. The fourth-order valence-electron chi connectivity index (χ4n) is 4.28. The van der Waals surface area contributed by atoms with Crippen molar-refractivity contribution >= 4 is 11.9 Å². The van der Waals surface area contributed by atoms with Crippen LogP contribution >= 0.6 is 0 Å². The number of aliphatic imine (C=N–C) groups is 1. The zero-order chi connectivity index (χ0) is 16.8. The molecular formula is C18H32N4O2. The number of hydrogen-bond acceptors (Lipinski definition) is 3. The van der Waals surface area contributed by atoms with E-state index in [0.717, 1.165) is 45.0 Å². The number of rotatable bonds is 5. The van der Waals surface area contributed by atoms with Crippen molar-refractivity contribution in [3.8, 4) is 0 Å². The summed E-state index contributed by atoms with van der Waals surface area (Å²) in [5.41, 5.74) is 0.103. The van der Waals surface area contributed by atoms with Gasteiger partial charge in [-0.05, 0) is 32.6 Å². The molecule has 1 amide bonds. The predicted molar refractivity (Wildman–Crippen MR) is 95.1 cm³/mol. The molecule has 3 fully saturated rings. The van der Waals surface area contributed by atoms with Crippen LogP contribution in [0.25, 0.3) is 0 Å². The molecule has 1 unspecified atom stereocenters. The fraction of sp³-hybridized carbons (Fsp3) is 0.889. The first-order chi connectivity index (χ1) is 11.7. The quantitative estimate of drug-likeness (QED) is 0.454. The molecule has 6 nitrogen and oxygen atoms in total. The number of ether oxygens (including phenoxy) is 1. The average molecular weight is 336 g/mol. The van der Waals surface area contributed by atoms with E-state index in [0.29, 0.717) is 25.7 Å². The standard InChI is InChI=1S/C18H32N4O2/c1-2-19-17(20-9-11-24-15-6-3-4-7-15)22-10-5-8-18(14-22)12-16(23)21-13-18/h15H,2-14H2,1H3,(H,19,20)(H,21,23). The lowest BCUT2D eigenvalue weighted by Gasteiger charge is -2.40. The predicted octanol–water partition coefficient (Wildman–Crippen LogP) is 1.51. The Hall–Kier alpha value is -1.30. The SMILES string of the molecule is CCNC(=NCCOC1CCCC1)N1CCCC2(CNC(=O)C2)C1. The first kappa shape index (κ1) is 17.5. The largest absolute Gasteiger partial charge is 0.376 e. The van der Waals surface area contributed by atoms with E-state index in [2.05, 4.69) is 22.5 Å². The monoisotopic (exact) mass is 336 g/mol. The molecule has 0 bridgehead atoms. The molecule has 2 saturated heterocycles. The maximum absolute atomic E-state index is 11.7. The number of hydrogen-bond donors (Lipinski definition) is 2. The summed E-state index contributed by atoms with van der Waals surface area (Å²) in [6.07, 6.45) is 8.40. The van der Waals surface area contributed by atoms with Gasteiger partial charge in [0.25, 0.3) is 0 Å². The maximum Gasteiger partial charge on any atom is 0.220 e. The summed E-state index contributed by atoms with van der Waals surface area (Å²) in [6.45, 7) is 7.13. The molecule has 0 aromatic heterocycles. The summed E-state index contributed by atoms with van der Waals surface area (Å²) in [7, 11) is 0. The Morgan fingerprint density at radius 3 is 2.96 bits per heavy atom. The Morgan fingerprint density at radius 2 is 2.25 bits per heavy atom. The van der Waals surface area contributed by atoms with E-state index in [1.807, 2.05) is 0 Å². The van der Waals surface area contributed by atoms with E-state index in [9.17, 15) is 4.79 Å². The van der Waals surface area contributed by atoms with Crippen molar-refractivity contribution in [1.29, 1.82) is 0 Å². The van der Waals surface area contributed by atoms with Crippen LogP contribution in [0.1, 0.15) is 51.9 Å². The molecular weight excluding hydrogens is 304 g/mol. The molecule has 24 heavy (non-hydrogen) atoms. The highest BCUT2D eigenvalue weighted by molar-refractivity contribution is 5.81. The highest BCUT2D eigenvalue weighted by Crippen LogP contribution is 2.36. The van der Waals surface area contributed by atoms with E-state index in [-0.39, 0.29) is 11.3 Å². The van der Waals surface area contributed by atoms with Gasteiger partial charge in [0.15, 0.2) is 5.96 Å². The molecule has 1 saturated carbocycles. The Balaban J connectivity index is 1.53. The van der Waals surface area contributed by atoms with Gasteiger partial charge >= 0.3 is 0 Å². The smallest absolute Gasteiger partial charge is 0.220 e. The molecule has 1 spiro atoms. The molecule has 136 valence electrons. The van der Waals surface area contributed by atoms with E-state index in [1.165, 1.54) is 25.7 Å². The first-order valence-corrected chi connectivity index (χ1v) is 9.62. The minimum absolute atomic E-state index is 0.103. The summed E-state index contributed by atoms with van der Waals surface area (Å²) in [5, 5.41) is 6.42. The van der Waals surface area contributed by atoms with Crippen LogP contribution in [-0.2, 0) is 9.53 Å². The van der Waals surface area contributed by atoms with Crippen molar-refractivity contribution in [1.82, 2.24) is 15.5 Å². The summed E-state index contributed by atoms with van der Waals surface area (Å²) in [4.78, 5) is 18.8. The van der Waals surface area contributed by atoms with Gasteiger partial charge in [-0.3, -0.25) is 9.79 Å². The van der Waals surface area contributed by atoms with Gasteiger partial charge in [0.05, 0.1) is 19.3 Å². The van der Waals surface area contributed by atoms with Gasteiger partial charge in [-0.25, -0.2) is 0 Å². The summed E-state index contributed by atoms with van der Waals surface area (Å²) < 4.78 is 5.92. The van der Waals surface area contributed by atoms with Crippen LogP contribution in [0.5, 0.6) is 0 Å². The molecule has 3 rings (SSSR count). The number of carbonyl (C=O) groups excluding carboxylic acids is 1. The molecule has 1 aliphatic carbocycles. The van der Waals surface area contributed by atoms with Crippen LogP contribution in [0, 0.1) is 5.41 Å². The van der Waals surface area contributed by atoms with Crippen LogP contribution in [0.15, 0.2) is 4.99 Å². The van der Waals surface area contributed by atoms with Gasteiger partial charge in [0.2, 0.25) is 5.91 Å². The van der Waals surface area contributed by atoms with Crippen molar-refractivity contribution < 1.29 is 9.53 Å². The Morgan fingerprint density at radius 1 is 1.42 bits per heavy atom. The first-order valence-electron chi connectivity index (χ1n) is 9.62. The zero-order valence-corrected chi connectivity index (χ0v) is 15.0. The van der Waals surface area contributed by atoms with Gasteiger partial charge in [-0.2, -0.15) is 0 Å². The van der Waals surface area contributed by atoms with Crippen LogP contribution in [0.2, 0.25) is 0 Å². The molecule has 6 heteroatoms. The number of likely N-dealkylation sites (tertiary alicyclic amines) is 1. The lowest BCUT2D eigenvalue weighted by molar-refractivity contribution is -0.119. The molecule has 0 aromatic rings. The third-order valence-electron chi connectivity index (χ3n) is 5.50. The number of carbonyl (C=O) groups is 1. The van der Waals surface area contributed by atoms with Gasteiger partial charge in [-0.1, -0.05) is 12.8 Å². The summed E-state index contributed by atoms with van der Waals surface area (Å²) >= 11 is 0. The summed E-state index contributed by atoms with van der Waals surface area (Å²) in [6, 6.07) is 0. The second-order valence-electron chi connectivity index (χ2n) is 7.49. The van der Waals surface area contributed by atoms with Crippen LogP contribution in [0.4, 0.5) is 0 Å². The average Bonchev–Trinajstić information content (AvgIpc) is 3.21. The van der Waals surface area contributed by atoms with E-state index < -0.39 is 0 Å². The van der Waals surface area contributed by atoms with E-state index in [4.69, 9.17) is 9.73 Å². The Labute approximate surface area is 145 Å². The third-order valence-corrected chi connectivity index (χ3v) is 5.50. The Bertz CT molecular complexity index is 462.